The standard InChI is InChI=1S/C17H22N4/c1-21-10-3-4-14(6-11-21)12-16-17(20-9-8-19-16)15-5-2-7-18-13-15/h2,5,7-9,13-14H,3-4,6,10-12H2,1H3. The smallest absolute Gasteiger partial charge is 0.0932 e. The molecule has 1 saturated heterocycles. The van der Waals surface area contributed by atoms with Crippen LogP contribution in [0.25, 0.3) is 11.3 Å². The van der Waals surface area contributed by atoms with Crippen molar-refractivity contribution in [2.45, 2.75) is 25.7 Å². The molecule has 21 heavy (non-hydrogen) atoms. The SMILES string of the molecule is CN1CCCC(Cc2nccnc2-c2cccnc2)CC1. The molecule has 0 bridgehead atoms. The zero-order valence-corrected chi connectivity index (χ0v) is 12.6. The van der Waals surface area contributed by atoms with Gasteiger partial charge in [0.05, 0.1) is 11.4 Å². The van der Waals surface area contributed by atoms with E-state index in [0.717, 1.165) is 23.4 Å². The molecule has 1 unspecified atom stereocenters. The van der Waals surface area contributed by atoms with E-state index in [1.165, 1.54) is 32.4 Å². The molecule has 0 amide bonds. The van der Waals surface area contributed by atoms with E-state index in [-0.39, 0.29) is 0 Å². The van der Waals surface area contributed by atoms with Gasteiger partial charge in [-0.15, -0.1) is 0 Å². The summed E-state index contributed by atoms with van der Waals surface area (Å²) in [5.74, 6) is 0.710. The van der Waals surface area contributed by atoms with E-state index < -0.39 is 0 Å². The average Bonchev–Trinajstić information content (AvgIpc) is 2.73. The Kier molecular flexibility index (Phi) is 4.55. The van der Waals surface area contributed by atoms with E-state index >= 15 is 0 Å². The van der Waals surface area contributed by atoms with Crippen LogP contribution in [0.15, 0.2) is 36.9 Å². The molecule has 3 rings (SSSR count). The molecule has 0 saturated carbocycles. The Balaban J connectivity index is 1.79. The minimum absolute atomic E-state index is 0.710. The molecule has 0 N–H and O–H groups in total. The molecule has 0 spiro atoms. The van der Waals surface area contributed by atoms with E-state index in [1.54, 1.807) is 18.6 Å². The molecule has 4 nitrogen and oxygen atoms in total. The van der Waals surface area contributed by atoms with Gasteiger partial charge < -0.3 is 4.90 Å². The maximum Gasteiger partial charge on any atom is 0.0932 e. The molecule has 1 fully saturated rings. The van der Waals surface area contributed by atoms with Crippen molar-refractivity contribution in [2.24, 2.45) is 5.92 Å². The van der Waals surface area contributed by atoms with Gasteiger partial charge in [-0.2, -0.15) is 0 Å². The molecule has 1 atom stereocenters. The van der Waals surface area contributed by atoms with Crippen molar-refractivity contribution < 1.29 is 0 Å². The van der Waals surface area contributed by atoms with Crippen molar-refractivity contribution in [3.63, 3.8) is 0 Å². The van der Waals surface area contributed by atoms with E-state index in [2.05, 4.69) is 33.0 Å². The monoisotopic (exact) mass is 282 g/mol. The summed E-state index contributed by atoms with van der Waals surface area (Å²) in [5, 5.41) is 0. The Morgan fingerprint density at radius 1 is 1.14 bits per heavy atom. The van der Waals surface area contributed by atoms with E-state index in [4.69, 9.17) is 0 Å². The van der Waals surface area contributed by atoms with Crippen LogP contribution < -0.4 is 0 Å². The average molecular weight is 282 g/mol. The fraction of sp³-hybridized carbons (Fsp3) is 0.471. The first-order chi connectivity index (χ1) is 10.3. The Morgan fingerprint density at radius 3 is 2.90 bits per heavy atom. The van der Waals surface area contributed by atoms with Gasteiger partial charge >= 0.3 is 0 Å². The van der Waals surface area contributed by atoms with Gasteiger partial charge in [-0.25, -0.2) is 0 Å². The highest BCUT2D eigenvalue weighted by atomic mass is 15.1. The molecular formula is C17H22N4. The zero-order chi connectivity index (χ0) is 14.5. The van der Waals surface area contributed by atoms with Crippen LogP contribution in [0.4, 0.5) is 0 Å². The first-order valence-electron chi connectivity index (χ1n) is 7.72. The summed E-state index contributed by atoms with van der Waals surface area (Å²) in [4.78, 5) is 15.8. The van der Waals surface area contributed by atoms with Crippen LogP contribution in [0.3, 0.4) is 0 Å². The third-order valence-corrected chi connectivity index (χ3v) is 4.26. The highest BCUT2D eigenvalue weighted by Gasteiger charge is 2.18. The van der Waals surface area contributed by atoms with E-state index in [0.29, 0.717) is 5.92 Å². The van der Waals surface area contributed by atoms with E-state index in [1.807, 2.05) is 12.3 Å². The molecular weight excluding hydrogens is 260 g/mol. The molecule has 1 aliphatic rings. The van der Waals surface area contributed by atoms with Gasteiger partial charge in [0.15, 0.2) is 0 Å². The minimum Gasteiger partial charge on any atom is -0.306 e. The van der Waals surface area contributed by atoms with Crippen molar-refractivity contribution in [2.75, 3.05) is 20.1 Å². The summed E-state index contributed by atoms with van der Waals surface area (Å²) in [6.45, 7) is 2.40. The van der Waals surface area contributed by atoms with Crippen LogP contribution in [0.5, 0.6) is 0 Å². The minimum atomic E-state index is 0.710. The number of pyridine rings is 1. The lowest BCUT2D eigenvalue weighted by Crippen LogP contribution is -2.19. The van der Waals surface area contributed by atoms with Crippen LogP contribution in [-0.2, 0) is 6.42 Å². The second kappa shape index (κ2) is 6.76. The molecule has 110 valence electrons. The second-order valence-corrected chi connectivity index (χ2v) is 5.90. The summed E-state index contributed by atoms with van der Waals surface area (Å²) in [5.41, 5.74) is 3.16. The number of hydrogen-bond acceptors (Lipinski definition) is 4. The second-order valence-electron chi connectivity index (χ2n) is 5.90. The molecule has 3 heterocycles. The predicted octanol–water partition coefficient (Wildman–Crippen LogP) is 2.81. The maximum atomic E-state index is 4.59. The largest absolute Gasteiger partial charge is 0.306 e. The van der Waals surface area contributed by atoms with Crippen molar-refractivity contribution in [1.82, 2.24) is 19.9 Å². The third-order valence-electron chi connectivity index (χ3n) is 4.26. The maximum absolute atomic E-state index is 4.59. The summed E-state index contributed by atoms with van der Waals surface area (Å²) in [7, 11) is 2.21. The number of likely N-dealkylation sites (tertiary alicyclic amines) is 1. The lowest BCUT2D eigenvalue weighted by Gasteiger charge is -2.16. The van der Waals surface area contributed by atoms with Crippen LogP contribution in [-0.4, -0.2) is 40.0 Å². The van der Waals surface area contributed by atoms with Gasteiger partial charge in [-0.3, -0.25) is 15.0 Å². The topological polar surface area (TPSA) is 41.9 Å². The first kappa shape index (κ1) is 14.1. The molecule has 0 aromatic carbocycles. The van der Waals surface area contributed by atoms with Crippen LogP contribution in [0.1, 0.15) is 25.0 Å². The third kappa shape index (κ3) is 3.64. The number of rotatable bonds is 3. The fourth-order valence-electron chi connectivity index (χ4n) is 3.05. The molecule has 0 aliphatic carbocycles. The Labute approximate surface area is 126 Å². The van der Waals surface area contributed by atoms with Crippen LogP contribution >= 0.6 is 0 Å². The Hall–Kier alpha value is -1.81. The Bertz CT molecular complexity index is 570. The van der Waals surface area contributed by atoms with Crippen molar-refractivity contribution in [3.05, 3.63) is 42.6 Å². The van der Waals surface area contributed by atoms with Crippen molar-refractivity contribution in [3.8, 4) is 11.3 Å². The molecule has 2 aromatic heterocycles. The quantitative estimate of drug-likeness (QED) is 0.868. The van der Waals surface area contributed by atoms with Gasteiger partial charge in [0.1, 0.15) is 0 Å². The predicted molar refractivity (Wildman–Crippen MR) is 83.8 cm³/mol. The summed E-state index contributed by atoms with van der Waals surface area (Å²) < 4.78 is 0. The van der Waals surface area contributed by atoms with Crippen molar-refractivity contribution >= 4 is 0 Å². The molecule has 1 aliphatic heterocycles. The highest BCUT2D eigenvalue weighted by Crippen LogP contribution is 2.25. The molecule has 4 heteroatoms. The Morgan fingerprint density at radius 2 is 2.05 bits per heavy atom. The van der Waals surface area contributed by atoms with Crippen LogP contribution in [0, 0.1) is 5.92 Å². The summed E-state index contributed by atoms with van der Waals surface area (Å²) in [6, 6.07) is 4.01. The van der Waals surface area contributed by atoms with Gasteiger partial charge in [-0.05, 0) is 63.9 Å². The highest BCUT2D eigenvalue weighted by molar-refractivity contribution is 5.59. The van der Waals surface area contributed by atoms with Gasteiger partial charge in [0.2, 0.25) is 0 Å². The number of nitrogens with zero attached hydrogens (tertiary/aromatic N) is 4. The van der Waals surface area contributed by atoms with E-state index in [9.17, 15) is 0 Å². The lowest BCUT2D eigenvalue weighted by atomic mass is 9.93. The number of aromatic nitrogens is 3. The summed E-state index contributed by atoms with van der Waals surface area (Å²) in [6.07, 6.45) is 12.1. The van der Waals surface area contributed by atoms with Crippen molar-refractivity contribution in [1.29, 1.82) is 0 Å². The zero-order valence-electron chi connectivity index (χ0n) is 12.6. The van der Waals surface area contributed by atoms with Gasteiger partial charge in [-0.1, -0.05) is 0 Å². The summed E-state index contributed by atoms with van der Waals surface area (Å²) >= 11 is 0. The fourth-order valence-corrected chi connectivity index (χ4v) is 3.05. The number of hydrogen-bond donors (Lipinski definition) is 0. The normalized spacial score (nSPS) is 20.1. The first-order valence-corrected chi connectivity index (χ1v) is 7.72. The van der Waals surface area contributed by atoms with Crippen LogP contribution in [0.2, 0.25) is 0 Å². The lowest BCUT2D eigenvalue weighted by molar-refractivity contribution is 0.341. The molecule has 0 radical (unpaired) electrons. The van der Waals surface area contributed by atoms with Gasteiger partial charge in [0.25, 0.3) is 0 Å². The van der Waals surface area contributed by atoms with Gasteiger partial charge in [0, 0.05) is 30.4 Å². The molecule has 2 aromatic rings.